The minimum atomic E-state index is -0.406. The van der Waals surface area contributed by atoms with E-state index >= 15 is 0 Å². The largest absolute Gasteiger partial charge is 0.316 e. The Morgan fingerprint density at radius 3 is 2.83 bits per heavy atom. The average molecular weight is 319 g/mol. The molecule has 2 heterocycles. The predicted octanol–water partition coefficient (Wildman–Crippen LogP) is 2.08. The van der Waals surface area contributed by atoms with Gasteiger partial charge < -0.3 is 5.32 Å². The van der Waals surface area contributed by atoms with E-state index in [-0.39, 0.29) is 17.0 Å². The van der Waals surface area contributed by atoms with Crippen LogP contribution in [-0.2, 0) is 6.42 Å². The Hall–Kier alpha value is -3.28. The molecular weight excluding hydrogens is 306 g/mol. The van der Waals surface area contributed by atoms with Crippen LogP contribution in [-0.4, -0.2) is 21.1 Å². The van der Waals surface area contributed by atoms with Crippen molar-refractivity contribution in [2.24, 2.45) is 0 Å². The number of rotatable bonds is 2. The van der Waals surface area contributed by atoms with Gasteiger partial charge in [-0.3, -0.25) is 18.8 Å². The highest BCUT2D eigenvalue weighted by Gasteiger charge is 2.24. The summed E-state index contributed by atoms with van der Waals surface area (Å²) in [6.07, 6.45) is 3.91. The molecule has 0 radical (unpaired) electrons. The topological polar surface area (TPSA) is 80.5 Å². The molecule has 0 aliphatic heterocycles. The van der Waals surface area contributed by atoms with Crippen LogP contribution < -0.4 is 10.9 Å². The van der Waals surface area contributed by atoms with Crippen molar-refractivity contribution in [3.8, 4) is 0 Å². The second-order valence-corrected chi connectivity index (χ2v) is 5.61. The quantitative estimate of drug-likeness (QED) is 0.784. The van der Waals surface area contributed by atoms with Crippen molar-refractivity contribution in [3.05, 3.63) is 75.8 Å². The molecule has 6 heteroatoms. The average Bonchev–Trinajstić information content (AvgIpc) is 2.99. The fourth-order valence-corrected chi connectivity index (χ4v) is 3.01. The van der Waals surface area contributed by atoms with Crippen molar-refractivity contribution in [2.75, 3.05) is 5.32 Å². The molecule has 6 nitrogen and oxygen atoms in total. The first-order valence-electron chi connectivity index (χ1n) is 7.58. The van der Waals surface area contributed by atoms with Crippen LogP contribution in [0.25, 0.3) is 5.65 Å². The van der Waals surface area contributed by atoms with Gasteiger partial charge in [0, 0.05) is 23.7 Å². The maximum absolute atomic E-state index is 12.6. The van der Waals surface area contributed by atoms with Crippen LogP contribution in [0.2, 0.25) is 0 Å². The first-order valence-corrected chi connectivity index (χ1v) is 7.58. The zero-order chi connectivity index (χ0) is 16.7. The molecule has 0 bridgehead atoms. The fraction of sp³-hybridized carbons (Fsp3) is 0.111. The summed E-state index contributed by atoms with van der Waals surface area (Å²) in [5.41, 5.74) is 2.02. The molecule has 4 rings (SSSR count). The lowest BCUT2D eigenvalue weighted by Gasteiger charge is -2.09. The van der Waals surface area contributed by atoms with Crippen molar-refractivity contribution in [2.45, 2.75) is 12.8 Å². The smallest absolute Gasteiger partial charge is 0.281 e. The van der Waals surface area contributed by atoms with Gasteiger partial charge in [0.2, 0.25) is 0 Å². The van der Waals surface area contributed by atoms with Crippen LogP contribution in [0.5, 0.6) is 0 Å². The first-order chi connectivity index (χ1) is 11.6. The third-order valence-electron chi connectivity index (χ3n) is 4.18. The molecular formula is C18H13N3O3. The molecule has 1 aliphatic carbocycles. The number of hydrogen-bond acceptors (Lipinski definition) is 4. The summed E-state index contributed by atoms with van der Waals surface area (Å²) in [5.74, 6) is -0.358. The highest BCUT2D eigenvalue weighted by Crippen LogP contribution is 2.25. The number of anilines is 1. The maximum atomic E-state index is 12.6. The van der Waals surface area contributed by atoms with Gasteiger partial charge in [-0.2, -0.15) is 0 Å². The summed E-state index contributed by atoms with van der Waals surface area (Å²) >= 11 is 0. The van der Waals surface area contributed by atoms with Crippen molar-refractivity contribution < 1.29 is 9.59 Å². The second-order valence-electron chi connectivity index (χ2n) is 5.61. The third-order valence-corrected chi connectivity index (χ3v) is 4.18. The Bertz CT molecular complexity index is 1050. The Labute approximate surface area is 136 Å². The second kappa shape index (κ2) is 5.42. The Kier molecular flexibility index (Phi) is 3.23. The SMILES string of the molecule is O=C1CCc2c1cccc2C(=O)Nc1cnc2ccccn2c1=O. The van der Waals surface area contributed by atoms with E-state index in [9.17, 15) is 14.4 Å². The summed E-state index contributed by atoms with van der Waals surface area (Å²) in [4.78, 5) is 41.0. The van der Waals surface area contributed by atoms with Crippen LogP contribution in [0.15, 0.2) is 53.6 Å². The molecule has 3 aromatic rings. The standard InChI is InChI=1S/C18H13N3O3/c22-15-8-7-11-12(15)4-3-5-13(11)17(23)20-14-10-19-16-6-1-2-9-21(16)18(14)24/h1-6,9-10H,7-8H2,(H,20,23). The number of carbonyl (C=O) groups excluding carboxylic acids is 2. The van der Waals surface area contributed by atoms with E-state index in [0.717, 1.165) is 5.56 Å². The minimum Gasteiger partial charge on any atom is -0.316 e. The molecule has 1 aliphatic rings. The lowest BCUT2D eigenvalue weighted by molar-refractivity contribution is 0.0993. The zero-order valence-corrected chi connectivity index (χ0v) is 12.7. The number of Topliss-reactive ketones (excluding diaryl/α,β-unsaturated/α-hetero) is 1. The van der Waals surface area contributed by atoms with E-state index in [4.69, 9.17) is 0 Å². The van der Waals surface area contributed by atoms with Crippen LogP contribution in [0.3, 0.4) is 0 Å². The molecule has 24 heavy (non-hydrogen) atoms. The van der Waals surface area contributed by atoms with Gasteiger partial charge in [-0.05, 0) is 30.2 Å². The van der Waals surface area contributed by atoms with Crippen molar-refractivity contribution >= 4 is 23.0 Å². The van der Waals surface area contributed by atoms with E-state index in [0.29, 0.717) is 29.6 Å². The van der Waals surface area contributed by atoms with Gasteiger partial charge in [-0.1, -0.05) is 18.2 Å². The number of amides is 1. The molecule has 0 spiro atoms. The highest BCUT2D eigenvalue weighted by molar-refractivity contribution is 6.09. The van der Waals surface area contributed by atoms with E-state index in [2.05, 4.69) is 10.3 Å². The van der Waals surface area contributed by atoms with Crippen LogP contribution in [0.4, 0.5) is 5.69 Å². The molecule has 1 N–H and O–H groups in total. The number of carbonyl (C=O) groups is 2. The minimum absolute atomic E-state index is 0.0482. The monoisotopic (exact) mass is 319 g/mol. The number of nitrogens with zero attached hydrogens (tertiary/aromatic N) is 2. The highest BCUT2D eigenvalue weighted by atomic mass is 16.2. The predicted molar refractivity (Wildman–Crippen MR) is 88.5 cm³/mol. The lowest BCUT2D eigenvalue weighted by atomic mass is 10.0. The van der Waals surface area contributed by atoms with Gasteiger partial charge in [0.1, 0.15) is 11.3 Å². The molecule has 0 saturated heterocycles. The molecule has 0 unspecified atom stereocenters. The molecule has 0 saturated carbocycles. The molecule has 1 amide bonds. The van der Waals surface area contributed by atoms with Gasteiger partial charge in [0.25, 0.3) is 11.5 Å². The maximum Gasteiger partial charge on any atom is 0.281 e. The summed E-state index contributed by atoms with van der Waals surface area (Å²) in [5, 5.41) is 2.62. The number of nitrogens with one attached hydrogen (secondary N) is 1. The van der Waals surface area contributed by atoms with Crippen LogP contribution >= 0.6 is 0 Å². The van der Waals surface area contributed by atoms with Gasteiger partial charge in [0.15, 0.2) is 5.78 Å². The zero-order valence-electron chi connectivity index (χ0n) is 12.7. The molecule has 118 valence electrons. The Morgan fingerprint density at radius 1 is 1.08 bits per heavy atom. The number of pyridine rings is 1. The van der Waals surface area contributed by atoms with Crippen molar-refractivity contribution in [3.63, 3.8) is 0 Å². The van der Waals surface area contributed by atoms with Gasteiger partial charge in [-0.15, -0.1) is 0 Å². The number of ketones is 1. The van der Waals surface area contributed by atoms with E-state index < -0.39 is 5.91 Å². The number of fused-ring (bicyclic) bond motifs is 2. The van der Waals surface area contributed by atoms with Crippen molar-refractivity contribution in [1.82, 2.24) is 9.38 Å². The molecule has 1 aromatic carbocycles. The molecule has 2 aromatic heterocycles. The van der Waals surface area contributed by atoms with E-state index in [1.807, 2.05) is 0 Å². The molecule has 0 fully saturated rings. The Morgan fingerprint density at radius 2 is 1.96 bits per heavy atom. The first kappa shape index (κ1) is 14.3. The summed E-state index contributed by atoms with van der Waals surface area (Å²) in [6.45, 7) is 0. The summed E-state index contributed by atoms with van der Waals surface area (Å²) < 4.78 is 1.37. The van der Waals surface area contributed by atoms with E-state index in [1.165, 1.54) is 10.6 Å². The van der Waals surface area contributed by atoms with Gasteiger partial charge in [0.05, 0.1) is 6.20 Å². The van der Waals surface area contributed by atoms with Crippen LogP contribution in [0.1, 0.15) is 32.7 Å². The fourth-order valence-electron chi connectivity index (χ4n) is 3.01. The van der Waals surface area contributed by atoms with Crippen LogP contribution in [0, 0.1) is 0 Å². The normalized spacial score (nSPS) is 13.1. The number of aromatic nitrogens is 2. The van der Waals surface area contributed by atoms with Gasteiger partial charge in [-0.25, -0.2) is 4.98 Å². The van der Waals surface area contributed by atoms with Crippen molar-refractivity contribution in [1.29, 1.82) is 0 Å². The summed E-state index contributed by atoms with van der Waals surface area (Å²) in [6, 6.07) is 10.3. The molecule has 0 atom stereocenters. The third kappa shape index (κ3) is 2.20. The lowest BCUT2D eigenvalue weighted by Crippen LogP contribution is -2.23. The number of hydrogen-bond donors (Lipinski definition) is 1. The van der Waals surface area contributed by atoms with E-state index in [1.54, 1.807) is 42.6 Å². The number of benzene rings is 1. The Balaban J connectivity index is 1.72. The van der Waals surface area contributed by atoms with Gasteiger partial charge >= 0.3 is 0 Å². The summed E-state index contributed by atoms with van der Waals surface area (Å²) in [7, 11) is 0.